The van der Waals surface area contributed by atoms with Gasteiger partial charge < -0.3 is 20.1 Å². The molecule has 0 amide bonds. The van der Waals surface area contributed by atoms with Crippen LogP contribution < -0.4 is 0 Å². The quantitative estimate of drug-likeness (QED) is 0.365. The highest BCUT2D eigenvalue weighted by Gasteiger charge is 2.70. The Labute approximate surface area is 217 Å². The molecule has 0 unspecified atom stereocenters. The summed E-state index contributed by atoms with van der Waals surface area (Å²) in [7, 11) is 1.53. The summed E-state index contributed by atoms with van der Waals surface area (Å²) in [5, 5.41) is 32.4. The number of aliphatic hydroxyl groups is 3. The van der Waals surface area contributed by atoms with Gasteiger partial charge in [0.15, 0.2) is 0 Å². The highest BCUT2D eigenvalue weighted by atomic mass is 16.5. The molecule has 3 N–H and O–H groups in total. The summed E-state index contributed by atoms with van der Waals surface area (Å²) >= 11 is 0. The van der Waals surface area contributed by atoms with Crippen LogP contribution in [0.5, 0.6) is 0 Å². The average Bonchev–Trinajstić information content (AvgIpc) is 2.84. The van der Waals surface area contributed by atoms with E-state index in [2.05, 4.69) is 40.3 Å². The summed E-state index contributed by atoms with van der Waals surface area (Å²) in [5.74, 6) is 0.783. The molecule has 5 rings (SSSR count). The summed E-state index contributed by atoms with van der Waals surface area (Å²) < 4.78 is 5.45. The van der Waals surface area contributed by atoms with Gasteiger partial charge in [0.1, 0.15) is 0 Å². The molecule has 11 atom stereocenters. The maximum absolute atomic E-state index is 13.4. The van der Waals surface area contributed by atoms with Crippen LogP contribution in [0.3, 0.4) is 0 Å². The van der Waals surface area contributed by atoms with Gasteiger partial charge in [-0.25, -0.2) is 0 Å². The van der Waals surface area contributed by atoms with Crippen molar-refractivity contribution in [2.24, 2.45) is 50.7 Å². The van der Waals surface area contributed by atoms with Gasteiger partial charge in [-0.05, 0) is 85.4 Å². The first-order valence-electron chi connectivity index (χ1n) is 14.2. The Morgan fingerprint density at radius 2 is 1.81 bits per heavy atom. The molecule has 4 saturated carbocycles. The molecule has 5 heteroatoms. The second-order valence-corrected chi connectivity index (χ2v) is 14.2. The largest absolute Gasteiger partial charge is 0.469 e. The van der Waals surface area contributed by atoms with Crippen LogP contribution in [-0.2, 0) is 9.53 Å². The van der Waals surface area contributed by atoms with Crippen molar-refractivity contribution < 1.29 is 24.9 Å². The Morgan fingerprint density at radius 1 is 1.11 bits per heavy atom. The van der Waals surface area contributed by atoms with Gasteiger partial charge in [-0.15, -0.1) is 0 Å². The minimum Gasteiger partial charge on any atom is -0.469 e. The van der Waals surface area contributed by atoms with Crippen LogP contribution in [-0.4, -0.2) is 47.2 Å². The van der Waals surface area contributed by atoms with E-state index in [0.29, 0.717) is 12.3 Å². The third kappa shape index (κ3) is 2.97. The molecule has 0 aromatic carbocycles. The standard InChI is InChI=1S/C31H48O5/c1-18-10-13-31(26(35)36-7)15-14-29(5)20(24(31)19(18)2)8-9-23-27(3)16-21(33)25(34)28(4,17-32)22(27)11-12-30(23,29)6/h8,19,21-25,32-34H,1,9-17H2,2-7H3/t19-,21+,22+,23+,24-,25-,27-,28-,29+,30+,31-/m0/s1. The molecule has 0 aliphatic heterocycles. The number of ether oxygens (including phenoxy) is 1. The first-order valence-corrected chi connectivity index (χ1v) is 14.2. The summed E-state index contributed by atoms with van der Waals surface area (Å²) in [6.07, 6.45) is 7.67. The van der Waals surface area contributed by atoms with E-state index in [4.69, 9.17) is 4.74 Å². The van der Waals surface area contributed by atoms with E-state index in [1.807, 2.05) is 6.92 Å². The molecule has 0 bridgehead atoms. The molecular formula is C31H48O5. The lowest BCUT2D eigenvalue weighted by atomic mass is 9.33. The van der Waals surface area contributed by atoms with Crippen molar-refractivity contribution >= 4 is 5.97 Å². The van der Waals surface area contributed by atoms with E-state index >= 15 is 0 Å². The number of hydrogen-bond donors (Lipinski definition) is 3. The van der Waals surface area contributed by atoms with E-state index in [1.165, 1.54) is 18.3 Å². The SMILES string of the molecule is C=C1CC[C@]2(C(=O)OC)CC[C@]3(C)C(=CC[C@@H]4[C@@]5(C)C[C@@H](O)[C@H](O)[C@@](C)(CO)[C@@H]5CC[C@]43C)[C@@H]2[C@H]1C. The van der Waals surface area contributed by atoms with Gasteiger partial charge in [-0.2, -0.15) is 0 Å². The lowest BCUT2D eigenvalue weighted by Gasteiger charge is -2.71. The first kappa shape index (κ1) is 26.4. The average molecular weight is 501 g/mol. The maximum Gasteiger partial charge on any atom is 0.312 e. The fraction of sp³-hybridized carbons (Fsp3) is 0.839. The molecule has 0 radical (unpaired) electrons. The predicted octanol–water partition coefficient (Wildman–Crippen LogP) is 5.04. The third-order valence-corrected chi connectivity index (χ3v) is 13.2. The van der Waals surface area contributed by atoms with E-state index in [1.54, 1.807) is 0 Å². The molecule has 0 spiro atoms. The highest BCUT2D eigenvalue weighted by molar-refractivity contribution is 5.79. The zero-order valence-electron chi connectivity index (χ0n) is 23.3. The monoisotopic (exact) mass is 500 g/mol. The predicted molar refractivity (Wildman–Crippen MR) is 140 cm³/mol. The van der Waals surface area contributed by atoms with Gasteiger partial charge in [0.05, 0.1) is 31.3 Å². The smallest absolute Gasteiger partial charge is 0.312 e. The zero-order valence-corrected chi connectivity index (χ0v) is 23.3. The number of hydrogen-bond acceptors (Lipinski definition) is 5. The molecule has 36 heavy (non-hydrogen) atoms. The Bertz CT molecular complexity index is 987. The summed E-state index contributed by atoms with van der Waals surface area (Å²) in [6, 6.07) is 0. The molecule has 5 nitrogen and oxygen atoms in total. The number of esters is 1. The summed E-state index contributed by atoms with van der Waals surface area (Å²) in [5.41, 5.74) is 1.26. The second-order valence-electron chi connectivity index (χ2n) is 14.2. The lowest BCUT2D eigenvalue weighted by molar-refractivity contribution is -0.243. The molecule has 0 saturated heterocycles. The van der Waals surface area contributed by atoms with Crippen molar-refractivity contribution in [3.63, 3.8) is 0 Å². The minimum absolute atomic E-state index is 0.00148. The number of rotatable bonds is 2. The molecule has 0 heterocycles. The third-order valence-electron chi connectivity index (χ3n) is 13.2. The minimum atomic E-state index is -0.903. The van der Waals surface area contributed by atoms with Gasteiger partial charge >= 0.3 is 5.97 Å². The number of carbonyl (C=O) groups is 1. The molecule has 0 aromatic heterocycles. The van der Waals surface area contributed by atoms with Crippen LogP contribution in [0.2, 0.25) is 0 Å². The van der Waals surface area contributed by atoms with Crippen molar-refractivity contribution in [1.82, 2.24) is 0 Å². The van der Waals surface area contributed by atoms with Gasteiger partial charge in [-0.1, -0.05) is 58.4 Å². The molecule has 202 valence electrons. The van der Waals surface area contributed by atoms with Gasteiger partial charge in [-0.3, -0.25) is 4.79 Å². The van der Waals surface area contributed by atoms with Crippen LogP contribution in [0, 0.1) is 50.7 Å². The van der Waals surface area contributed by atoms with E-state index in [0.717, 1.165) is 44.9 Å². The number of aliphatic hydroxyl groups excluding tert-OH is 3. The number of allylic oxidation sites excluding steroid dienone is 3. The Morgan fingerprint density at radius 3 is 2.44 bits per heavy atom. The first-order chi connectivity index (χ1) is 16.8. The van der Waals surface area contributed by atoms with Crippen LogP contribution in [0.1, 0.15) is 86.0 Å². The number of carbonyl (C=O) groups excluding carboxylic acids is 1. The molecule has 0 aromatic rings. The van der Waals surface area contributed by atoms with Crippen molar-refractivity contribution in [3.05, 3.63) is 23.8 Å². The van der Waals surface area contributed by atoms with E-state index in [-0.39, 0.29) is 46.6 Å². The highest BCUT2D eigenvalue weighted by Crippen LogP contribution is 2.75. The lowest BCUT2D eigenvalue weighted by Crippen LogP contribution is -2.68. The Kier molecular flexibility index (Phi) is 6.00. The van der Waals surface area contributed by atoms with Gasteiger partial charge in [0.25, 0.3) is 0 Å². The Hall–Kier alpha value is -1.17. The topological polar surface area (TPSA) is 87.0 Å². The van der Waals surface area contributed by atoms with Crippen molar-refractivity contribution in [3.8, 4) is 0 Å². The summed E-state index contributed by atoms with van der Waals surface area (Å²) in [4.78, 5) is 13.4. The normalized spacial score (nSPS) is 54.4. The van der Waals surface area contributed by atoms with E-state index < -0.39 is 23.0 Å². The van der Waals surface area contributed by atoms with Crippen LogP contribution >= 0.6 is 0 Å². The van der Waals surface area contributed by atoms with Crippen molar-refractivity contribution in [2.45, 2.75) is 98.2 Å². The molecule has 4 fully saturated rings. The fourth-order valence-corrected chi connectivity index (χ4v) is 10.9. The molecule has 5 aliphatic rings. The number of fused-ring (bicyclic) bond motifs is 7. The Balaban J connectivity index is 1.63. The summed E-state index contributed by atoms with van der Waals surface area (Å²) in [6.45, 7) is 15.8. The molecule has 5 aliphatic carbocycles. The van der Waals surface area contributed by atoms with Crippen LogP contribution in [0.15, 0.2) is 23.8 Å². The fourth-order valence-electron chi connectivity index (χ4n) is 10.9. The maximum atomic E-state index is 13.4. The van der Waals surface area contributed by atoms with Crippen LogP contribution in [0.4, 0.5) is 0 Å². The van der Waals surface area contributed by atoms with Crippen molar-refractivity contribution in [2.75, 3.05) is 13.7 Å². The second kappa shape index (κ2) is 8.16. The van der Waals surface area contributed by atoms with E-state index in [9.17, 15) is 20.1 Å². The van der Waals surface area contributed by atoms with Crippen LogP contribution in [0.25, 0.3) is 0 Å². The number of methoxy groups -OCH3 is 1. The molecular weight excluding hydrogens is 452 g/mol. The van der Waals surface area contributed by atoms with Gasteiger partial charge in [0, 0.05) is 11.3 Å². The van der Waals surface area contributed by atoms with Crippen molar-refractivity contribution in [1.29, 1.82) is 0 Å². The van der Waals surface area contributed by atoms with Gasteiger partial charge in [0.2, 0.25) is 0 Å². The zero-order chi connectivity index (χ0) is 26.5.